The van der Waals surface area contributed by atoms with Crippen LogP contribution in [0.15, 0.2) is 0 Å². The molecule has 1 saturated heterocycles. The summed E-state index contributed by atoms with van der Waals surface area (Å²) in [6.45, 7) is 6.17. The van der Waals surface area contributed by atoms with Gasteiger partial charge in [-0.3, -0.25) is 9.59 Å². The third-order valence-electron chi connectivity index (χ3n) is 4.04. The summed E-state index contributed by atoms with van der Waals surface area (Å²) in [5.74, 6) is -1.56. The minimum absolute atomic E-state index is 0.0414. The van der Waals surface area contributed by atoms with Crippen molar-refractivity contribution in [2.24, 2.45) is 5.92 Å². The van der Waals surface area contributed by atoms with Crippen molar-refractivity contribution in [3.63, 3.8) is 0 Å². The van der Waals surface area contributed by atoms with Crippen LogP contribution in [-0.4, -0.2) is 46.4 Å². The first kappa shape index (κ1) is 18.5. The Morgan fingerprint density at radius 1 is 1.27 bits per heavy atom. The molecule has 0 aromatic carbocycles. The molecule has 0 aromatic rings. The highest BCUT2D eigenvalue weighted by Gasteiger charge is 2.34. The number of carboxylic acids is 1. The molecule has 1 heterocycles. The number of aliphatic carboxylic acids is 1. The quantitative estimate of drug-likeness (QED) is 0.750. The molecule has 0 radical (unpaired) electrons. The summed E-state index contributed by atoms with van der Waals surface area (Å²) in [6, 6.07) is -1.41. The molecule has 0 aromatic heterocycles. The van der Waals surface area contributed by atoms with Gasteiger partial charge in [0.2, 0.25) is 11.8 Å². The Morgan fingerprint density at radius 2 is 1.95 bits per heavy atom. The highest BCUT2D eigenvalue weighted by Crippen LogP contribution is 2.20. The zero-order chi connectivity index (χ0) is 16.7. The van der Waals surface area contributed by atoms with E-state index in [1.165, 1.54) is 0 Å². The van der Waals surface area contributed by atoms with Gasteiger partial charge in [0.1, 0.15) is 12.1 Å². The smallest absolute Gasteiger partial charge is 0.326 e. The largest absolute Gasteiger partial charge is 0.480 e. The molecule has 1 aliphatic rings. The first-order valence-corrected chi connectivity index (χ1v) is 8.22. The van der Waals surface area contributed by atoms with E-state index in [0.29, 0.717) is 19.4 Å². The van der Waals surface area contributed by atoms with E-state index in [1.54, 1.807) is 4.90 Å². The van der Waals surface area contributed by atoms with E-state index in [9.17, 15) is 19.5 Å². The molecule has 1 fully saturated rings. The van der Waals surface area contributed by atoms with Crippen LogP contribution in [0, 0.1) is 5.92 Å². The molecule has 0 spiro atoms. The van der Waals surface area contributed by atoms with Crippen molar-refractivity contribution in [1.29, 1.82) is 0 Å². The summed E-state index contributed by atoms with van der Waals surface area (Å²) in [6.07, 6.45) is 4.41. The van der Waals surface area contributed by atoms with Gasteiger partial charge in [-0.1, -0.05) is 33.6 Å². The summed E-state index contributed by atoms with van der Waals surface area (Å²) >= 11 is 0. The zero-order valence-corrected chi connectivity index (χ0v) is 13.8. The molecule has 2 N–H and O–H groups in total. The molecule has 126 valence electrons. The molecule has 0 bridgehead atoms. The number of likely N-dealkylation sites (tertiary alicyclic amines) is 1. The van der Waals surface area contributed by atoms with Crippen molar-refractivity contribution in [2.75, 3.05) is 6.54 Å². The van der Waals surface area contributed by atoms with Crippen LogP contribution in [0.3, 0.4) is 0 Å². The first-order valence-electron chi connectivity index (χ1n) is 8.22. The molecule has 1 aliphatic heterocycles. The second kappa shape index (κ2) is 8.76. The number of hydrogen-bond acceptors (Lipinski definition) is 3. The third-order valence-corrected chi connectivity index (χ3v) is 4.04. The van der Waals surface area contributed by atoms with Crippen LogP contribution in [0.5, 0.6) is 0 Å². The van der Waals surface area contributed by atoms with Gasteiger partial charge in [-0.15, -0.1) is 0 Å². The van der Waals surface area contributed by atoms with Crippen molar-refractivity contribution in [3.05, 3.63) is 0 Å². The molecule has 2 atom stereocenters. The maximum Gasteiger partial charge on any atom is 0.326 e. The fourth-order valence-corrected chi connectivity index (χ4v) is 2.73. The number of amides is 2. The van der Waals surface area contributed by atoms with Crippen LogP contribution < -0.4 is 5.32 Å². The van der Waals surface area contributed by atoms with Crippen molar-refractivity contribution < 1.29 is 19.5 Å². The van der Waals surface area contributed by atoms with Crippen molar-refractivity contribution in [3.8, 4) is 0 Å². The monoisotopic (exact) mass is 312 g/mol. The van der Waals surface area contributed by atoms with Crippen molar-refractivity contribution >= 4 is 17.8 Å². The van der Waals surface area contributed by atoms with Gasteiger partial charge in [-0.05, 0) is 25.7 Å². The van der Waals surface area contributed by atoms with E-state index < -0.39 is 18.1 Å². The van der Waals surface area contributed by atoms with Crippen LogP contribution in [0.2, 0.25) is 0 Å². The van der Waals surface area contributed by atoms with Gasteiger partial charge in [0.25, 0.3) is 0 Å². The van der Waals surface area contributed by atoms with Crippen LogP contribution >= 0.6 is 0 Å². The lowest BCUT2D eigenvalue weighted by Gasteiger charge is -2.36. The first-order chi connectivity index (χ1) is 10.4. The van der Waals surface area contributed by atoms with Gasteiger partial charge in [0.05, 0.1) is 0 Å². The fourth-order valence-electron chi connectivity index (χ4n) is 2.73. The van der Waals surface area contributed by atoms with Gasteiger partial charge >= 0.3 is 5.97 Å². The van der Waals surface area contributed by atoms with Crippen LogP contribution in [0.1, 0.15) is 59.3 Å². The minimum Gasteiger partial charge on any atom is -0.480 e. The van der Waals surface area contributed by atoms with Crippen LogP contribution in [-0.2, 0) is 14.4 Å². The van der Waals surface area contributed by atoms with Gasteiger partial charge in [-0.25, -0.2) is 4.79 Å². The topological polar surface area (TPSA) is 86.7 Å². The molecule has 6 heteroatoms. The van der Waals surface area contributed by atoms with Gasteiger partial charge in [0, 0.05) is 12.5 Å². The average Bonchev–Trinajstić information content (AvgIpc) is 2.49. The summed E-state index contributed by atoms with van der Waals surface area (Å²) in [5, 5.41) is 11.8. The Labute approximate surface area is 132 Å². The van der Waals surface area contributed by atoms with E-state index >= 15 is 0 Å². The molecular weight excluding hydrogens is 284 g/mol. The number of rotatable bonds is 7. The van der Waals surface area contributed by atoms with Crippen LogP contribution in [0.25, 0.3) is 0 Å². The summed E-state index contributed by atoms with van der Waals surface area (Å²) in [4.78, 5) is 37.5. The molecule has 1 rings (SSSR count). The second-order valence-corrected chi connectivity index (χ2v) is 6.24. The Hall–Kier alpha value is -1.59. The SMILES string of the molecule is CCCC[C@H](NC(=O)C1CCCCN1C(=O)C(C)C)C(=O)O. The molecule has 22 heavy (non-hydrogen) atoms. The Kier molecular flexibility index (Phi) is 7.35. The van der Waals surface area contributed by atoms with Gasteiger partial charge < -0.3 is 15.3 Å². The number of carbonyl (C=O) groups is 3. The van der Waals surface area contributed by atoms with Gasteiger partial charge in [-0.2, -0.15) is 0 Å². The highest BCUT2D eigenvalue weighted by molar-refractivity contribution is 5.91. The van der Waals surface area contributed by atoms with E-state index in [0.717, 1.165) is 25.7 Å². The number of carboxylic acid groups (broad SMARTS) is 1. The Bertz CT molecular complexity index is 409. The second-order valence-electron chi connectivity index (χ2n) is 6.24. The lowest BCUT2D eigenvalue weighted by Crippen LogP contribution is -2.55. The lowest BCUT2D eigenvalue weighted by molar-refractivity contribution is -0.147. The summed E-state index contributed by atoms with van der Waals surface area (Å²) in [7, 11) is 0. The van der Waals surface area contributed by atoms with Crippen molar-refractivity contribution in [1.82, 2.24) is 10.2 Å². The number of nitrogens with zero attached hydrogens (tertiary/aromatic N) is 1. The number of hydrogen-bond donors (Lipinski definition) is 2. The molecule has 0 aliphatic carbocycles. The molecule has 6 nitrogen and oxygen atoms in total. The number of unbranched alkanes of at least 4 members (excludes halogenated alkanes) is 1. The van der Waals surface area contributed by atoms with Crippen molar-refractivity contribution in [2.45, 2.75) is 71.4 Å². The van der Waals surface area contributed by atoms with E-state index in [4.69, 9.17) is 0 Å². The minimum atomic E-state index is -1.01. The van der Waals surface area contributed by atoms with Crippen LogP contribution in [0.4, 0.5) is 0 Å². The lowest BCUT2D eigenvalue weighted by atomic mass is 9.98. The summed E-state index contributed by atoms with van der Waals surface area (Å²) in [5.41, 5.74) is 0. The molecule has 2 amide bonds. The fraction of sp³-hybridized carbons (Fsp3) is 0.812. The molecule has 0 saturated carbocycles. The predicted molar refractivity (Wildman–Crippen MR) is 83.3 cm³/mol. The average molecular weight is 312 g/mol. The number of carbonyl (C=O) groups excluding carboxylic acids is 2. The zero-order valence-electron chi connectivity index (χ0n) is 13.8. The molecule has 1 unspecified atom stereocenters. The number of piperidine rings is 1. The number of nitrogens with one attached hydrogen (secondary N) is 1. The molecular formula is C16H28N2O4. The maximum atomic E-state index is 12.4. The summed E-state index contributed by atoms with van der Waals surface area (Å²) < 4.78 is 0. The third kappa shape index (κ3) is 5.00. The Balaban J connectivity index is 2.74. The Morgan fingerprint density at radius 3 is 2.50 bits per heavy atom. The normalized spacial score (nSPS) is 19.8. The van der Waals surface area contributed by atoms with Gasteiger partial charge in [0.15, 0.2) is 0 Å². The highest BCUT2D eigenvalue weighted by atomic mass is 16.4. The standard InChI is InChI=1S/C16H28N2O4/c1-4-5-8-12(16(21)22)17-14(19)13-9-6-7-10-18(13)15(20)11(2)3/h11-13H,4-10H2,1-3H3,(H,17,19)(H,21,22)/t12-,13?/m0/s1. The van der Waals surface area contributed by atoms with E-state index in [2.05, 4.69) is 5.32 Å². The maximum absolute atomic E-state index is 12.4. The van der Waals surface area contributed by atoms with E-state index in [1.807, 2.05) is 20.8 Å². The van der Waals surface area contributed by atoms with E-state index in [-0.39, 0.29) is 17.7 Å². The predicted octanol–water partition coefficient (Wildman–Crippen LogP) is 1.78.